The first-order valence-electron chi connectivity index (χ1n) is 14.9. The summed E-state index contributed by atoms with van der Waals surface area (Å²) >= 11 is 0. The molecular weight excluding hydrogens is 508 g/mol. The Kier molecular flexibility index (Phi) is 6.81. The molecule has 2 heteroatoms. The van der Waals surface area contributed by atoms with Crippen LogP contribution in [0.3, 0.4) is 0 Å². The maximum absolute atomic E-state index is 2.39. The first-order chi connectivity index (χ1) is 20.7. The Labute approximate surface area is 248 Å². The highest BCUT2D eigenvalue weighted by Crippen LogP contribution is 2.40. The van der Waals surface area contributed by atoms with E-state index in [-0.39, 0.29) is 0 Å². The van der Waals surface area contributed by atoms with E-state index in [4.69, 9.17) is 0 Å². The summed E-state index contributed by atoms with van der Waals surface area (Å²) in [5.74, 6) is 0.570. The summed E-state index contributed by atoms with van der Waals surface area (Å²) in [6.45, 7) is 4.55. The molecule has 7 rings (SSSR count). The number of benzene rings is 6. The Balaban J connectivity index is 1.45. The quantitative estimate of drug-likeness (QED) is 0.194. The first kappa shape index (κ1) is 25.9. The molecule has 0 saturated carbocycles. The average Bonchev–Trinajstić information content (AvgIpc) is 3.39. The lowest BCUT2D eigenvalue weighted by Crippen LogP contribution is -2.09. The van der Waals surface area contributed by atoms with Gasteiger partial charge in [0.25, 0.3) is 0 Å². The van der Waals surface area contributed by atoms with Gasteiger partial charge in [-0.2, -0.15) is 0 Å². The number of hydrogen-bond acceptors (Lipinski definition) is 1. The van der Waals surface area contributed by atoms with E-state index >= 15 is 0 Å². The summed E-state index contributed by atoms with van der Waals surface area (Å²) in [5, 5.41) is 2.49. The van der Waals surface area contributed by atoms with Crippen LogP contribution in [0.5, 0.6) is 0 Å². The average molecular weight is 543 g/mol. The van der Waals surface area contributed by atoms with Crippen LogP contribution in [0.1, 0.15) is 31.7 Å². The minimum absolute atomic E-state index is 0.570. The number of para-hydroxylation sites is 3. The highest BCUT2D eigenvalue weighted by molar-refractivity contribution is 6.11. The van der Waals surface area contributed by atoms with Gasteiger partial charge in [-0.25, -0.2) is 0 Å². The minimum atomic E-state index is 0.570. The maximum atomic E-state index is 2.39. The molecule has 1 heterocycles. The van der Waals surface area contributed by atoms with Crippen molar-refractivity contribution in [1.29, 1.82) is 0 Å². The zero-order valence-electron chi connectivity index (χ0n) is 24.1. The van der Waals surface area contributed by atoms with Crippen molar-refractivity contribution < 1.29 is 0 Å². The monoisotopic (exact) mass is 542 g/mol. The van der Waals surface area contributed by atoms with Gasteiger partial charge in [0.15, 0.2) is 0 Å². The van der Waals surface area contributed by atoms with Gasteiger partial charge in [-0.1, -0.05) is 98.8 Å². The van der Waals surface area contributed by atoms with Crippen molar-refractivity contribution in [3.63, 3.8) is 0 Å². The zero-order chi connectivity index (χ0) is 28.5. The topological polar surface area (TPSA) is 8.17 Å². The van der Waals surface area contributed by atoms with Crippen molar-refractivity contribution in [2.45, 2.75) is 26.2 Å². The van der Waals surface area contributed by atoms with Gasteiger partial charge in [-0.15, -0.1) is 0 Å². The van der Waals surface area contributed by atoms with E-state index in [0.29, 0.717) is 5.92 Å². The second kappa shape index (κ2) is 11.1. The van der Waals surface area contributed by atoms with Crippen molar-refractivity contribution >= 4 is 38.9 Å². The van der Waals surface area contributed by atoms with E-state index in [2.05, 4.69) is 175 Å². The predicted molar refractivity (Wildman–Crippen MR) is 180 cm³/mol. The van der Waals surface area contributed by atoms with Gasteiger partial charge in [-0.3, -0.25) is 0 Å². The number of anilines is 3. The molecule has 0 fully saturated rings. The largest absolute Gasteiger partial charge is 0.310 e. The molecule has 0 bridgehead atoms. The predicted octanol–water partition coefficient (Wildman–Crippen LogP) is 11.4. The summed E-state index contributed by atoms with van der Waals surface area (Å²) in [6.07, 6.45) is 1.15. The minimum Gasteiger partial charge on any atom is -0.310 e. The molecule has 0 spiro atoms. The molecule has 0 N–H and O–H groups in total. The van der Waals surface area contributed by atoms with Crippen LogP contribution in [-0.2, 0) is 0 Å². The number of nitrogens with zero attached hydrogens (tertiary/aromatic N) is 2. The number of hydrogen-bond donors (Lipinski definition) is 0. The summed E-state index contributed by atoms with van der Waals surface area (Å²) in [6, 6.07) is 54.8. The molecule has 0 radical (unpaired) electrons. The van der Waals surface area contributed by atoms with E-state index in [1.54, 1.807) is 0 Å². The van der Waals surface area contributed by atoms with E-state index in [9.17, 15) is 0 Å². The second-order valence-electron chi connectivity index (χ2n) is 11.0. The fourth-order valence-electron chi connectivity index (χ4n) is 6.03. The molecule has 0 aliphatic heterocycles. The maximum Gasteiger partial charge on any atom is 0.0542 e. The van der Waals surface area contributed by atoms with Crippen molar-refractivity contribution in [2.75, 3.05) is 4.90 Å². The molecule has 6 aromatic carbocycles. The summed E-state index contributed by atoms with van der Waals surface area (Å²) < 4.78 is 2.39. The number of rotatable bonds is 7. The van der Waals surface area contributed by atoms with Crippen LogP contribution in [0.25, 0.3) is 38.6 Å². The van der Waals surface area contributed by atoms with Crippen LogP contribution in [0.2, 0.25) is 0 Å². The van der Waals surface area contributed by atoms with Gasteiger partial charge in [0.05, 0.1) is 11.0 Å². The van der Waals surface area contributed by atoms with Crippen molar-refractivity contribution in [1.82, 2.24) is 4.57 Å². The second-order valence-corrected chi connectivity index (χ2v) is 11.0. The Morgan fingerprint density at radius 2 is 1.05 bits per heavy atom. The molecule has 1 aromatic heterocycles. The fraction of sp³-hybridized carbons (Fsp3) is 0.100. The van der Waals surface area contributed by atoms with Gasteiger partial charge in [0, 0.05) is 33.5 Å². The van der Waals surface area contributed by atoms with Crippen molar-refractivity contribution in [2.24, 2.45) is 0 Å². The normalized spacial score (nSPS) is 12.0. The van der Waals surface area contributed by atoms with Gasteiger partial charge < -0.3 is 9.47 Å². The van der Waals surface area contributed by atoms with Gasteiger partial charge in [0.1, 0.15) is 0 Å². The molecule has 1 atom stereocenters. The van der Waals surface area contributed by atoms with Crippen LogP contribution in [0.4, 0.5) is 17.1 Å². The van der Waals surface area contributed by atoms with E-state index in [1.807, 2.05) is 0 Å². The highest BCUT2D eigenvalue weighted by atomic mass is 15.1. The summed E-state index contributed by atoms with van der Waals surface area (Å²) in [5.41, 5.74) is 10.9. The summed E-state index contributed by atoms with van der Waals surface area (Å²) in [7, 11) is 0. The lowest BCUT2D eigenvalue weighted by molar-refractivity contribution is 0.734. The number of fused-ring (bicyclic) bond motifs is 3. The Bertz CT molecular complexity index is 1910. The molecule has 0 saturated heterocycles. The molecule has 7 aromatic rings. The summed E-state index contributed by atoms with van der Waals surface area (Å²) in [4.78, 5) is 2.34. The van der Waals surface area contributed by atoms with E-state index in [0.717, 1.165) is 23.5 Å². The van der Waals surface area contributed by atoms with Crippen LogP contribution in [0, 0.1) is 0 Å². The molecule has 0 amide bonds. The fourth-order valence-corrected chi connectivity index (χ4v) is 6.03. The Morgan fingerprint density at radius 1 is 0.524 bits per heavy atom. The Hall–Kier alpha value is -5.08. The van der Waals surface area contributed by atoms with Crippen LogP contribution in [0.15, 0.2) is 152 Å². The molecule has 204 valence electrons. The lowest BCUT2D eigenvalue weighted by atomic mass is 9.95. The van der Waals surface area contributed by atoms with E-state index < -0.39 is 0 Å². The Morgan fingerprint density at radius 3 is 1.64 bits per heavy atom. The zero-order valence-corrected chi connectivity index (χ0v) is 24.1. The van der Waals surface area contributed by atoms with Crippen LogP contribution >= 0.6 is 0 Å². The van der Waals surface area contributed by atoms with E-state index in [1.165, 1.54) is 44.2 Å². The standard InChI is InChI=1S/C40H34N2/c1-3-29(2)30-19-21-31(22-20-30)32-23-25-39-37(27-32)38-28-36(24-26-40(38)42(39)35-17-11-6-12-18-35)41(33-13-7-4-8-14-33)34-15-9-5-10-16-34/h4-29H,3H2,1-2H3. The van der Waals surface area contributed by atoms with Crippen LogP contribution in [-0.4, -0.2) is 4.57 Å². The highest BCUT2D eigenvalue weighted by Gasteiger charge is 2.18. The molecule has 2 nitrogen and oxygen atoms in total. The third-order valence-corrected chi connectivity index (χ3v) is 8.48. The van der Waals surface area contributed by atoms with Gasteiger partial charge in [0.2, 0.25) is 0 Å². The molecule has 1 unspecified atom stereocenters. The SMILES string of the molecule is CCC(C)c1ccc(-c2ccc3c(c2)c2cc(N(c4ccccc4)c4ccccc4)ccc2n3-c2ccccc2)cc1. The smallest absolute Gasteiger partial charge is 0.0542 e. The molecule has 0 aliphatic rings. The molecule has 0 aliphatic carbocycles. The molecular formula is C40H34N2. The van der Waals surface area contributed by atoms with Crippen LogP contribution < -0.4 is 4.90 Å². The number of aromatic nitrogens is 1. The first-order valence-corrected chi connectivity index (χ1v) is 14.9. The third kappa shape index (κ3) is 4.65. The van der Waals surface area contributed by atoms with Crippen molar-refractivity contribution in [3.05, 3.63) is 157 Å². The van der Waals surface area contributed by atoms with Gasteiger partial charge >= 0.3 is 0 Å². The lowest BCUT2D eigenvalue weighted by Gasteiger charge is -2.25. The van der Waals surface area contributed by atoms with Crippen molar-refractivity contribution in [3.8, 4) is 16.8 Å². The third-order valence-electron chi connectivity index (χ3n) is 8.48. The van der Waals surface area contributed by atoms with Gasteiger partial charge in [-0.05, 0) is 95.8 Å². The molecule has 42 heavy (non-hydrogen) atoms.